The Morgan fingerprint density at radius 1 is 1.00 bits per heavy atom. The Balaban J connectivity index is 1.54. The number of hydrogen-bond acceptors (Lipinski definition) is 3. The Morgan fingerprint density at radius 3 is 2.58 bits per heavy atom. The van der Waals surface area contributed by atoms with Gasteiger partial charge in [-0.1, -0.05) is 24.6 Å². The van der Waals surface area contributed by atoms with Crippen LogP contribution in [0.25, 0.3) is 21.7 Å². The highest BCUT2D eigenvalue weighted by atomic mass is 32.2. The fourth-order valence-corrected chi connectivity index (χ4v) is 4.50. The third-order valence-corrected chi connectivity index (χ3v) is 6.17. The second-order valence-corrected chi connectivity index (χ2v) is 8.07. The van der Waals surface area contributed by atoms with Crippen LogP contribution in [0.2, 0.25) is 0 Å². The average molecular weight is 369 g/mol. The second-order valence-electron chi connectivity index (χ2n) is 6.77. The lowest BCUT2D eigenvalue weighted by molar-refractivity contribution is 0.233. The number of rotatable bonds is 5. The Labute approximate surface area is 155 Å². The normalized spacial score (nSPS) is 16.9. The van der Waals surface area contributed by atoms with Gasteiger partial charge in [-0.2, -0.15) is 0 Å². The summed E-state index contributed by atoms with van der Waals surface area (Å²) in [4.78, 5) is 18.2. The van der Waals surface area contributed by atoms with Gasteiger partial charge in [-0.3, -0.25) is 4.79 Å². The van der Waals surface area contributed by atoms with E-state index < -0.39 is 11.0 Å². The maximum Gasteiger partial charge on any atom is 0.256 e. The zero-order chi connectivity index (χ0) is 17.9. The first-order valence-electron chi connectivity index (χ1n) is 9.15. The number of pyridine rings is 1. The van der Waals surface area contributed by atoms with Gasteiger partial charge in [0, 0.05) is 29.4 Å². The maximum atomic E-state index is 12.6. The summed E-state index contributed by atoms with van der Waals surface area (Å²) >= 11 is 0. The van der Waals surface area contributed by atoms with E-state index in [0.29, 0.717) is 11.9 Å². The topological polar surface area (TPSA) is 65.2 Å². The molecule has 0 radical (unpaired) electrons. The van der Waals surface area contributed by atoms with Gasteiger partial charge < -0.3 is 9.88 Å². The van der Waals surface area contributed by atoms with Crippen LogP contribution in [0.3, 0.4) is 0 Å². The molecule has 0 aliphatic carbocycles. The molecule has 6 heteroatoms. The fraction of sp³-hybridized carbons (Fsp3) is 0.350. The van der Waals surface area contributed by atoms with E-state index in [1.807, 2.05) is 42.5 Å². The van der Waals surface area contributed by atoms with Crippen LogP contribution in [0.4, 0.5) is 0 Å². The van der Waals surface area contributed by atoms with Gasteiger partial charge in [0.05, 0.1) is 4.90 Å². The molecule has 26 heavy (non-hydrogen) atoms. The number of piperidine rings is 1. The highest BCUT2D eigenvalue weighted by molar-refractivity contribution is 7.83. The molecule has 1 unspecified atom stereocenters. The van der Waals surface area contributed by atoms with Gasteiger partial charge in [-0.05, 0) is 55.6 Å². The summed E-state index contributed by atoms with van der Waals surface area (Å²) in [5, 5.41) is 2.46. The van der Waals surface area contributed by atoms with Crippen molar-refractivity contribution in [3.05, 3.63) is 52.8 Å². The summed E-state index contributed by atoms with van der Waals surface area (Å²) in [7, 11) is -1.26. The van der Waals surface area contributed by atoms with E-state index in [9.17, 15) is 9.00 Å². The largest absolute Gasteiger partial charge is 0.321 e. The molecule has 1 aliphatic heterocycles. The monoisotopic (exact) mass is 369 g/mol. The first-order valence-corrected chi connectivity index (χ1v) is 10.3. The molecule has 1 fully saturated rings. The molecule has 2 heterocycles. The Morgan fingerprint density at radius 2 is 1.77 bits per heavy atom. The molecule has 0 saturated carbocycles. The third kappa shape index (κ3) is 3.58. The highest BCUT2D eigenvalue weighted by Gasteiger charge is 2.11. The predicted octanol–water partition coefficient (Wildman–Crippen LogP) is 2.78. The molecule has 1 aromatic heterocycles. The quantitative estimate of drug-likeness (QED) is 0.680. The van der Waals surface area contributed by atoms with Crippen molar-refractivity contribution in [1.82, 2.24) is 14.6 Å². The minimum Gasteiger partial charge on any atom is -0.321 e. The van der Waals surface area contributed by atoms with Crippen molar-refractivity contribution < 1.29 is 4.21 Å². The number of aromatic amines is 1. The molecule has 1 atom stereocenters. The van der Waals surface area contributed by atoms with Crippen LogP contribution < -0.4 is 10.3 Å². The van der Waals surface area contributed by atoms with Crippen molar-refractivity contribution in [2.75, 3.05) is 26.2 Å². The Kier molecular flexibility index (Phi) is 5.15. The van der Waals surface area contributed by atoms with Crippen molar-refractivity contribution in [2.45, 2.75) is 24.2 Å². The minimum atomic E-state index is -1.26. The van der Waals surface area contributed by atoms with E-state index in [1.165, 1.54) is 19.3 Å². The number of nitrogens with one attached hydrogen (secondary N) is 2. The van der Waals surface area contributed by atoms with Gasteiger partial charge in [0.25, 0.3) is 5.56 Å². The molecule has 5 nitrogen and oxygen atoms in total. The number of likely N-dealkylation sites (tertiary alicyclic amines) is 1. The minimum absolute atomic E-state index is 0.0957. The number of hydrogen-bond donors (Lipinski definition) is 2. The lowest BCUT2D eigenvalue weighted by atomic mass is 10.1. The lowest BCUT2D eigenvalue weighted by Crippen LogP contribution is -2.36. The van der Waals surface area contributed by atoms with Crippen LogP contribution >= 0.6 is 0 Å². The van der Waals surface area contributed by atoms with Gasteiger partial charge in [0.2, 0.25) is 0 Å². The number of benzene rings is 2. The van der Waals surface area contributed by atoms with E-state index in [2.05, 4.69) is 14.6 Å². The first kappa shape index (κ1) is 17.4. The maximum absolute atomic E-state index is 12.6. The number of nitrogens with zero attached hydrogens (tertiary/aromatic N) is 1. The molecule has 4 rings (SSSR count). The van der Waals surface area contributed by atoms with E-state index >= 15 is 0 Å². The second kappa shape index (κ2) is 7.70. The number of H-pyrrole nitrogens is 1. The van der Waals surface area contributed by atoms with Crippen LogP contribution in [-0.4, -0.2) is 40.3 Å². The predicted molar refractivity (Wildman–Crippen MR) is 107 cm³/mol. The smallest absolute Gasteiger partial charge is 0.256 e. The molecule has 0 amide bonds. The molecule has 2 N–H and O–H groups in total. The average Bonchev–Trinajstić information content (AvgIpc) is 2.69. The number of aromatic nitrogens is 1. The van der Waals surface area contributed by atoms with Gasteiger partial charge in [-0.25, -0.2) is 8.93 Å². The van der Waals surface area contributed by atoms with E-state index in [-0.39, 0.29) is 5.56 Å². The van der Waals surface area contributed by atoms with E-state index in [4.69, 9.17) is 0 Å². The van der Waals surface area contributed by atoms with Crippen molar-refractivity contribution in [3.8, 4) is 0 Å². The standard InChI is InChI=1S/C20H23N3O2S/c24-20-17-7-3-2-6-16(17)18-14-15(8-9-19(18)22-20)26(25)21-10-13-23-11-4-1-5-12-23/h2-3,6-9,14,21H,1,4-5,10-13H2,(H,22,24). The van der Waals surface area contributed by atoms with Gasteiger partial charge in [0.15, 0.2) is 0 Å². The van der Waals surface area contributed by atoms with Gasteiger partial charge in [0.1, 0.15) is 11.0 Å². The van der Waals surface area contributed by atoms with Crippen LogP contribution in [0.5, 0.6) is 0 Å². The Hall–Kier alpha value is -2.02. The molecule has 3 aromatic rings. The molecular formula is C20H23N3O2S. The highest BCUT2D eigenvalue weighted by Crippen LogP contribution is 2.23. The number of fused-ring (bicyclic) bond motifs is 3. The molecule has 0 spiro atoms. The first-order chi connectivity index (χ1) is 12.7. The van der Waals surface area contributed by atoms with Gasteiger partial charge >= 0.3 is 0 Å². The summed E-state index contributed by atoms with van der Waals surface area (Å²) in [5.41, 5.74) is 0.671. The van der Waals surface area contributed by atoms with Crippen molar-refractivity contribution in [2.24, 2.45) is 0 Å². The summed E-state index contributed by atoms with van der Waals surface area (Å²) in [6, 6.07) is 13.1. The van der Waals surface area contributed by atoms with Crippen LogP contribution in [0.1, 0.15) is 19.3 Å². The molecule has 2 aromatic carbocycles. The van der Waals surface area contributed by atoms with Crippen molar-refractivity contribution in [3.63, 3.8) is 0 Å². The summed E-state index contributed by atoms with van der Waals surface area (Å²) < 4.78 is 15.8. The van der Waals surface area contributed by atoms with Crippen LogP contribution in [-0.2, 0) is 11.0 Å². The van der Waals surface area contributed by atoms with Crippen LogP contribution in [0.15, 0.2) is 52.2 Å². The van der Waals surface area contributed by atoms with Crippen molar-refractivity contribution in [1.29, 1.82) is 0 Å². The lowest BCUT2D eigenvalue weighted by Gasteiger charge is -2.26. The zero-order valence-electron chi connectivity index (χ0n) is 14.7. The third-order valence-electron chi connectivity index (χ3n) is 5.03. The summed E-state index contributed by atoms with van der Waals surface area (Å²) in [5.74, 6) is 0. The molecule has 1 aliphatic rings. The molecule has 0 bridgehead atoms. The summed E-state index contributed by atoms with van der Waals surface area (Å²) in [6.07, 6.45) is 3.85. The van der Waals surface area contributed by atoms with E-state index in [1.54, 1.807) is 0 Å². The van der Waals surface area contributed by atoms with E-state index in [0.717, 1.165) is 40.8 Å². The molecular weight excluding hydrogens is 346 g/mol. The van der Waals surface area contributed by atoms with Crippen LogP contribution in [0, 0.1) is 0 Å². The van der Waals surface area contributed by atoms with Gasteiger partial charge in [-0.15, -0.1) is 0 Å². The zero-order valence-corrected chi connectivity index (χ0v) is 15.5. The molecule has 136 valence electrons. The fourth-order valence-electron chi connectivity index (χ4n) is 3.64. The molecule has 1 saturated heterocycles. The summed E-state index contributed by atoms with van der Waals surface area (Å²) in [6.45, 7) is 3.92. The SMILES string of the molecule is O=c1[nH]c2ccc(S(=O)NCCN3CCCCC3)cc2c2ccccc12. The van der Waals surface area contributed by atoms with Crippen molar-refractivity contribution >= 4 is 32.7 Å². The Bertz CT molecular complexity index is 1010.